The number of hydrogen-bond donors (Lipinski definition) is 0. The molecule has 3 heterocycles. The van der Waals surface area contributed by atoms with Crippen LogP contribution in [0.3, 0.4) is 0 Å². The fraction of sp³-hybridized carbons (Fsp3) is 0.417. The van der Waals surface area contributed by atoms with Gasteiger partial charge < -0.3 is 9.47 Å². The summed E-state index contributed by atoms with van der Waals surface area (Å²) < 4.78 is 13.3. The molecule has 0 bridgehead atoms. The Hall–Kier alpha value is -2.70. The number of nitrogens with zero attached hydrogens (tertiary/aromatic N) is 4. The van der Waals surface area contributed by atoms with Crippen LogP contribution in [-0.4, -0.2) is 46.5 Å². The number of pyridine rings is 1. The lowest BCUT2D eigenvalue weighted by Gasteiger charge is -2.32. The highest BCUT2D eigenvalue weighted by Crippen LogP contribution is 2.23. The molecule has 0 aliphatic carbocycles. The average Bonchev–Trinajstić information content (AvgIpc) is 3.14. The summed E-state index contributed by atoms with van der Waals surface area (Å²) in [5.41, 5.74) is 5.84. The van der Waals surface area contributed by atoms with Crippen molar-refractivity contribution in [3.8, 4) is 5.75 Å². The average molecular weight is 407 g/mol. The van der Waals surface area contributed by atoms with E-state index in [1.165, 1.54) is 16.7 Å². The van der Waals surface area contributed by atoms with Crippen molar-refractivity contribution in [1.82, 2.24) is 19.7 Å². The lowest BCUT2D eigenvalue weighted by atomic mass is 10.1. The Morgan fingerprint density at radius 2 is 1.93 bits per heavy atom. The van der Waals surface area contributed by atoms with Crippen LogP contribution in [0.15, 0.2) is 48.8 Å². The van der Waals surface area contributed by atoms with E-state index in [9.17, 15) is 0 Å². The minimum absolute atomic E-state index is 0.00955. The van der Waals surface area contributed by atoms with Crippen molar-refractivity contribution in [2.24, 2.45) is 0 Å². The van der Waals surface area contributed by atoms with E-state index in [2.05, 4.69) is 54.3 Å². The molecule has 1 saturated heterocycles. The van der Waals surface area contributed by atoms with Gasteiger partial charge >= 0.3 is 0 Å². The molecule has 6 heteroatoms. The van der Waals surface area contributed by atoms with E-state index in [0.29, 0.717) is 0 Å². The highest BCUT2D eigenvalue weighted by molar-refractivity contribution is 5.31. The first kappa shape index (κ1) is 20.6. The summed E-state index contributed by atoms with van der Waals surface area (Å²) in [5.74, 6) is 0.878. The van der Waals surface area contributed by atoms with Gasteiger partial charge in [0.25, 0.3) is 0 Å². The molecule has 0 N–H and O–H groups in total. The zero-order valence-electron chi connectivity index (χ0n) is 18.0. The molecule has 0 unspecified atom stereocenters. The third-order valence-electron chi connectivity index (χ3n) is 5.66. The standard InChI is InChI=1S/C24H30N4O2/c1-4-28-16-21(18(2)26-28)15-27-11-12-30-24(17-27)23-10-7-20(14-25-23)13-19-5-8-22(29-3)9-6-19/h5-10,14,16,24H,4,11-13,15,17H2,1-3H3/t24-/m1/s1. The van der Waals surface area contributed by atoms with Gasteiger partial charge in [-0.3, -0.25) is 14.6 Å². The van der Waals surface area contributed by atoms with E-state index in [0.717, 1.165) is 56.3 Å². The summed E-state index contributed by atoms with van der Waals surface area (Å²) in [7, 11) is 1.69. The number of morpholine rings is 1. The van der Waals surface area contributed by atoms with Gasteiger partial charge in [-0.15, -0.1) is 0 Å². The van der Waals surface area contributed by atoms with Crippen LogP contribution in [0, 0.1) is 6.92 Å². The maximum absolute atomic E-state index is 6.03. The summed E-state index contributed by atoms with van der Waals surface area (Å²) >= 11 is 0. The Morgan fingerprint density at radius 3 is 2.60 bits per heavy atom. The number of ether oxygens (including phenoxy) is 2. The normalized spacial score (nSPS) is 17.2. The smallest absolute Gasteiger partial charge is 0.118 e. The van der Waals surface area contributed by atoms with Crippen molar-refractivity contribution < 1.29 is 9.47 Å². The van der Waals surface area contributed by atoms with Crippen molar-refractivity contribution in [3.05, 3.63) is 76.9 Å². The van der Waals surface area contributed by atoms with E-state index in [4.69, 9.17) is 14.5 Å². The first-order chi connectivity index (χ1) is 14.6. The Bertz CT molecular complexity index is 950. The molecule has 1 aliphatic heterocycles. The minimum Gasteiger partial charge on any atom is -0.497 e. The van der Waals surface area contributed by atoms with Crippen LogP contribution < -0.4 is 4.74 Å². The van der Waals surface area contributed by atoms with Gasteiger partial charge in [0, 0.05) is 44.1 Å². The van der Waals surface area contributed by atoms with E-state index in [1.807, 2.05) is 23.0 Å². The van der Waals surface area contributed by atoms with Gasteiger partial charge in [-0.2, -0.15) is 5.10 Å². The Morgan fingerprint density at radius 1 is 1.13 bits per heavy atom. The zero-order chi connectivity index (χ0) is 20.9. The summed E-state index contributed by atoms with van der Waals surface area (Å²) in [6, 6.07) is 12.4. The molecule has 3 aromatic rings. The van der Waals surface area contributed by atoms with Crippen LogP contribution in [0.4, 0.5) is 0 Å². The molecule has 0 radical (unpaired) electrons. The Balaban J connectivity index is 1.37. The van der Waals surface area contributed by atoms with Gasteiger partial charge in [0.1, 0.15) is 11.9 Å². The Kier molecular flexibility index (Phi) is 6.45. The van der Waals surface area contributed by atoms with E-state index >= 15 is 0 Å². The number of hydrogen-bond acceptors (Lipinski definition) is 5. The largest absolute Gasteiger partial charge is 0.497 e. The highest BCUT2D eigenvalue weighted by Gasteiger charge is 2.24. The van der Waals surface area contributed by atoms with E-state index in [-0.39, 0.29) is 6.10 Å². The van der Waals surface area contributed by atoms with Crippen LogP contribution in [0.1, 0.15) is 41.1 Å². The first-order valence-electron chi connectivity index (χ1n) is 10.6. The molecule has 158 valence electrons. The summed E-state index contributed by atoms with van der Waals surface area (Å²) in [6.07, 6.45) is 4.99. The highest BCUT2D eigenvalue weighted by atomic mass is 16.5. The monoisotopic (exact) mass is 406 g/mol. The lowest BCUT2D eigenvalue weighted by molar-refractivity contribution is -0.0350. The van der Waals surface area contributed by atoms with Crippen molar-refractivity contribution in [1.29, 1.82) is 0 Å². The van der Waals surface area contributed by atoms with Crippen LogP contribution in [0.2, 0.25) is 0 Å². The first-order valence-corrected chi connectivity index (χ1v) is 10.6. The second-order valence-corrected chi connectivity index (χ2v) is 7.81. The third kappa shape index (κ3) is 4.89. The number of aryl methyl sites for hydroxylation is 2. The van der Waals surface area contributed by atoms with Crippen molar-refractivity contribution in [3.63, 3.8) is 0 Å². The van der Waals surface area contributed by atoms with E-state index in [1.54, 1.807) is 7.11 Å². The van der Waals surface area contributed by atoms with Gasteiger partial charge in [-0.1, -0.05) is 18.2 Å². The van der Waals surface area contributed by atoms with Crippen LogP contribution in [0.25, 0.3) is 0 Å². The quantitative estimate of drug-likeness (QED) is 0.598. The van der Waals surface area contributed by atoms with Crippen molar-refractivity contribution in [2.45, 2.75) is 39.5 Å². The molecule has 4 rings (SSSR count). The number of rotatable bonds is 7. The predicted molar refractivity (Wildman–Crippen MR) is 117 cm³/mol. The van der Waals surface area contributed by atoms with Gasteiger partial charge in [0.2, 0.25) is 0 Å². The predicted octanol–water partition coefficient (Wildman–Crippen LogP) is 3.78. The fourth-order valence-electron chi connectivity index (χ4n) is 3.85. The summed E-state index contributed by atoms with van der Waals surface area (Å²) in [5, 5.41) is 4.56. The van der Waals surface area contributed by atoms with Crippen molar-refractivity contribution in [2.75, 3.05) is 26.8 Å². The molecule has 2 aromatic heterocycles. The van der Waals surface area contributed by atoms with Gasteiger partial charge in [-0.25, -0.2) is 0 Å². The number of benzene rings is 1. The molecule has 30 heavy (non-hydrogen) atoms. The molecule has 1 aliphatic rings. The summed E-state index contributed by atoms with van der Waals surface area (Å²) in [4.78, 5) is 7.15. The molecule has 1 atom stereocenters. The zero-order valence-corrected chi connectivity index (χ0v) is 18.0. The maximum Gasteiger partial charge on any atom is 0.118 e. The maximum atomic E-state index is 6.03. The van der Waals surface area contributed by atoms with Crippen molar-refractivity contribution >= 4 is 0 Å². The molecular weight excluding hydrogens is 376 g/mol. The number of methoxy groups -OCH3 is 1. The minimum atomic E-state index is 0.00955. The van der Waals surface area contributed by atoms with Crippen LogP contribution in [-0.2, 0) is 24.2 Å². The third-order valence-corrected chi connectivity index (χ3v) is 5.66. The SMILES string of the molecule is CCn1cc(CN2CCO[C@@H](c3ccc(Cc4ccc(OC)cc4)cn3)C2)c(C)n1. The second-order valence-electron chi connectivity index (χ2n) is 7.81. The molecule has 0 saturated carbocycles. The topological polar surface area (TPSA) is 52.4 Å². The fourth-order valence-corrected chi connectivity index (χ4v) is 3.85. The number of aromatic nitrogens is 3. The molecule has 0 amide bonds. The Labute approximate surface area is 178 Å². The molecule has 0 spiro atoms. The van der Waals surface area contributed by atoms with Gasteiger partial charge in [0.05, 0.1) is 25.1 Å². The van der Waals surface area contributed by atoms with Crippen LogP contribution >= 0.6 is 0 Å². The van der Waals surface area contributed by atoms with Gasteiger partial charge in [0.15, 0.2) is 0 Å². The second kappa shape index (κ2) is 9.41. The van der Waals surface area contributed by atoms with Crippen LogP contribution in [0.5, 0.6) is 5.75 Å². The van der Waals surface area contributed by atoms with Gasteiger partial charge in [-0.05, 0) is 49.6 Å². The lowest BCUT2D eigenvalue weighted by Crippen LogP contribution is -2.38. The molecule has 1 aromatic carbocycles. The molecule has 1 fully saturated rings. The summed E-state index contributed by atoms with van der Waals surface area (Å²) in [6.45, 7) is 8.51. The molecular formula is C24H30N4O2. The molecule has 6 nitrogen and oxygen atoms in total. The van der Waals surface area contributed by atoms with E-state index < -0.39 is 0 Å².